The molecule has 0 saturated heterocycles. The maximum absolute atomic E-state index is 10.7. The van der Waals surface area contributed by atoms with Gasteiger partial charge in [-0.25, -0.2) is 9.59 Å². The zero-order valence-corrected chi connectivity index (χ0v) is 7.54. The minimum absolute atomic E-state index is 0.0150. The number of phenolic OH excluding ortho intramolecular Hbond substituents is 1. The van der Waals surface area contributed by atoms with Gasteiger partial charge in [0.05, 0.1) is 5.57 Å². The summed E-state index contributed by atoms with van der Waals surface area (Å²) >= 11 is 0. The summed E-state index contributed by atoms with van der Waals surface area (Å²) < 4.78 is 0. The Balaban J connectivity index is 3.16. The highest BCUT2D eigenvalue weighted by molar-refractivity contribution is 6.19. The van der Waals surface area contributed by atoms with E-state index in [0.717, 1.165) is 0 Å². The summed E-state index contributed by atoms with van der Waals surface area (Å²) in [4.78, 5) is 21.1. The van der Waals surface area contributed by atoms with Gasteiger partial charge in [0.1, 0.15) is 5.75 Å². The average molecular weight is 208 g/mol. The standard InChI is InChI=1S/C10H8O5/c11-7-3-1-6(2-4-7)8(10(14)15)5-9(12)13/h1-5,11H,(H,12,13)(H,14,15)/b8-5+. The van der Waals surface area contributed by atoms with Gasteiger partial charge < -0.3 is 15.3 Å². The highest BCUT2D eigenvalue weighted by Gasteiger charge is 2.11. The summed E-state index contributed by atoms with van der Waals surface area (Å²) in [6, 6.07) is 5.23. The maximum atomic E-state index is 10.7. The molecule has 0 aliphatic rings. The third-order valence-electron chi connectivity index (χ3n) is 1.68. The zero-order chi connectivity index (χ0) is 11.4. The van der Waals surface area contributed by atoms with Gasteiger partial charge in [0.15, 0.2) is 0 Å². The fourth-order valence-corrected chi connectivity index (χ4v) is 1.03. The van der Waals surface area contributed by atoms with Crippen LogP contribution in [0.2, 0.25) is 0 Å². The molecule has 5 nitrogen and oxygen atoms in total. The molecule has 15 heavy (non-hydrogen) atoms. The number of aliphatic carboxylic acids is 2. The molecule has 0 radical (unpaired) electrons. The summed E-state index contributed by atoms with van der Waals surface area (Å²) in [5, 5.41) is 26.2. The van der Waals surface area contributed by atoms with Gasteiger partial charge in [0, 0.05) is 6.08 Å². The van der Waals surface area contributed by atoms with Crippen molar-refractivity contribution in [3.05, 3.63) is 35.9 Å². The van der Waals surface area contributed by atoms with Gasteiger partial charge in [-0.05, 0) is 17.7 Å². The van der Waals surface area contributed by atoms with Crippen LogP contribution in [0.5, 0.6) is 5.75 Å². The molecule has 78 valence electrons. The molecule has 0 heterocycles. The first-order chi connectivity index (χ1) is 7.00. The summed E-state index contributed by atoms with van der Waals surface area (Å²) in [6.45, 7) is 0. The molecule has 5 heteroatoms. The Bertz CT molecular complexity index is 416. The van der Waals surface area contributed by atoms with E-state index >= 15 is 0 Å². The van der Waals surface area contributed by atoms with E-state index in [4.69, 9.17) is 15.3 Å². The Labute approximate surface area is 84.9 Å². The van der Waals surface area contributed by atoms with Crippen LogP contribution in [0, 0.1) is 0 Å². The Morgan fingerprint density at radius 2 is 1.60 bits per heavy atom. The number of phenols is 1. The highest BCUT2D eigenvalue weighted by Crippen LogP contribution is 2.17. The van der Waals surface area contributed by atoms with Gasteiger partial charge in [-0.1, -0.05) is 12.1 Å². The third kappa shape index (κ3) is 2.84. The molecule has 0 atom stereocenters. The molecule has 0 aliphatic carbocycles. The third-order valence-corrected chi connectivity index (χ3v) is 1.68. The summed E-state index contributed by atoms with van der Waals surface area (Å²) in [5.74, 6) is -2.68. The van der Waals surface area contributed by atoms with Crippen LogP contribution >= 0.6 is 0 Å². The second-order valence-corrected chi connectivity index (χ2v) is 2.75. The molecule has 0 aliphatic heterocycles. The number of benzene rings is 1. The Morgan fingerprint density at radius 1 is 1.07 bits per heavy atom. The van der Waals surface area contributed by atoms with Crippen LogP contribution in [0.3, 0.4) is 0 Å². The van der Waals surface area contributed by atoms with Crippen molar-refractivity contribution in [1.29, 1.82) is 0 Å². The number of carbonyl (C=O) groups is 2. The molecule has 0 unspecified atom stereocenters. The molecule has 0 bridgehead atoms. The van der Waals surface area contributed by atoms with E-state index in [9.17, 15) is 9.59 Å². The fraction of sp³-hybridized carbons (Fsp3) is 0. The summed E-state index contributed by atoms with van der Waals surface area (Å²) in [7, 11) is 0. The van der Waals surface area contributed by atoms with Crippen LogP contribution in [0.15, 0.2) is 30.3 Å². The predicted octanol–water partition coefficient (Wildman–Crippen LogP) is 0.945. The first kappa shape index (κ1) is 10.8. The molecule has 1 aromatic carbocycles. The van der Waals surface area contributed by atoms with E-state index < -0.39 is 11.9 Å². The lowest BCUT2D eigenvalue weighted by Crippen LogP contribution is -2.02. The highest BCUT2D eigenvalue weighted by atomic mass is 16.4. The van der Waals surface area contributed by atoms with Crippen molar-refractivity contribution in [1.82, 2.24) is 0 Å². The van der Waals surface area contributed by atoms with Crippen molar-refractivity contribution in [2.45, 2.75) is 0 Å². The topological polar surface area (TPSA) is 94.8 Å². The maximum Gasteiger partial charge on any atom is 0.336 e. The van der Waals surface area contributed by atoms with Gasteiger partial charge in [-0.3, -0.25) is 0 Å². The smallest absolute Gasteiger partial charge is 0.336 e. The van der Waals surface area contributed by atoms with Crippen LogP contribution in [-0.4, -0.2) is 27.3 Å². The number of carboxylic acids is 2. The SMILES string of the molecule is O=C(O)/C=C(/C(=O)O)c1ccc(O)cc1. The van der Waals surface area contributed by atoms with Gasteiger partial charge >= 0.3 is 11.9 Å². The quantitative estimate of drug-likeness (QED) is 0.642. The van der Waals surface area contributed by atoms with E-state index in [2.05, 4.69) is 0 Å². The van der Waals surface area contributed by atoms with E-state index in [0.29, 0.717) is 6.08 Å². The van der Waals surface area contributed by atoms with E-state index in [1.807, 2.05) is 0 Å². The van der Waals surface area contributed by atoms with E-state index in [1.165, 1.54) is 24.3 Å². The number of hydrogen-bond acceptors (Lipinski definition) is 3. The van der Waals surface area contributed by atoms with Crippen molar-refractivity contribution < 1.29 is 24.9 Å². The number of hydrogen-bond donors (Lipinski definition) is 3. The number of rotatable bonds is 3. The van der Waals surface area contributed by atoms with Crippen molar-refractivity contribution in [3.8, 4) is 5.75 Å². The van der Waals surface area contributed by atoms with Gasteiger partial charge in [0.25, 0.3) is 0 Å². The van der Waals surface area contributed by atoms with E-state index in [-0.39, 0.29) is 16.9 Å². The van der Waals surface area contributed by atoms with Crippen LogP contribution in [0.25, 0.3) is 5.57 Å². The van der Waals surface area contributed by atoms with Crippen molar-refractivity contribution >= 4 is 17.5 Å². The first-order valence-corrected chi connectivity index (χ1v) is 3.98. The minimum atomic E-state index is -1.33. The first-order valence-electron chi connectivity index (χ1n) is 3.98. The molecule has 0 fully saturated rings. The lowest BCUT2D eigenvalue weighted by molar-refractivity contribution is -0.133. The molecule has 0 aromatic heterocycles. The van der Waals surface area contributed by atoms with Crippen molar-refractivity contribution in [3.63, 3.8) is 0 Å². The van der Waals surface area contributed by atoms with Gasteiger partial charge in [0.2, 0.25) is 0 Å². The normalized spacial score (nSPS) is 11.1. The second kappa shape index (κ2) is 4.28. The molecular weight excluding hydrogens is 200 g/mol. The van der Waals surface area contributed by atoms with Gasteiger partial charge in [-0.15, -0.1) is 0 Å². The van der Waals surface area contributed by atoms with Crippen molar-refractivity contribution in [2.24, 2.45) is 0 Å². The fourth-order valence-electron chi connectivity index (χ4n) is 1.03. The minimum Gasteiger partial charge on any atom is -0.508 e. The Kier molecular flexibility index (Phi) is 3.07. The Hall–Kier alpha value is -2.30. The summed E-state index contributed by atoms with van der Waals surface area (Å²) in [6.07, 6.45) is 0.606. The Morgan fingerprint density at radius 3 is 2.00 bits per heavy atom. The molecular formula is C10H8O5. The molecule has 0 spiro atoms. The molecule has 1 rings (SSSR count). The van der Waals surface area contributed by atoms with Crippen LogP contribution in [0.1, 0.15) is 5.56 Å². The van der Waals surface area contributed by atoms with Crippen molar-refractivity contribution in [2.75, 3.05) is 0 Å². The largest absolute Gasteiger partial charge is 0.508 e. The number of aromatic hydroxyl groups is 1. The molecule has 0 saturated carbocycles. The molecule has 1 aromatic rings. The number of carboxylic acid groups (broad SMARTS) is 2. The monoisotopic (exact) mass is 208 g/mol. The van der Waals surface area contributed by atoms with E-state index in [1.54, 1.807) is 0 Å². The average Bonchev–Trinajstić information content (AvgIpc) is 2.15. The lowest BCUT2D eigenvalue weighted by atomic mass is 10.1. The lowest BCUT2D eigenvalue weighted by Gasteiger charge is -2.01. The van der Waals surface area contributed by atoms with Crippen LogP contribution in [-0.2, 0) is 9.59 Å². The van der Waals surface area contributed by atoms with Crippen LogP contribution in [0.4, 0.5) is 0 Å². The second-order valence-electron chi connectivity index (χ2n) is 2.75. The molecule has 0 amide bonds. The predicted molar refractivity (Wildman–Crippen MR) is 51.4 cm³/mol. The van der Waals surface area contributed by atoms with Crippen LogP contribution < -0.4 is 0 Å². The molecule has 3 N–H and O–H groups in total. The van der Waals surface area contributed by atoms with Gasteiger partial charge in [-0.2, -0.15) is 0 Å². The zero-order valence-electron chi connectivity index (χ0n) is 7.54. The summed E-state index contributed by atoms with van der Waals surface area (Å²) in [5.41, 5.74) is -0.106.